The molecule has 0 spiro atoms. The third kappa shape index (κ3) is 5.53. The summed E-state index contributed by atoms with van der Waals surface area (Å²) in [5.74, 6) is -0.382. The van der Waals surface area contributed by atoms with E-state index in [2.05, 4.69) is 10.6 Å². The molecule has 0 unspecified atom stereocenters. The average Bonchev–Trinajstić information content (AvgIpc) is 3.71. The van der Waals surface area contributed by atoms with Crippen LogP contribution in [-0.4, -0.2) is 27.0 Å². The number of carbonyl (C=O) groups is 2. The summed E-state index contributed by atoms with van der Waals surface area (Å²) in [6.07, 6.45) is 2.27. The topological polar surface area (TPSA) is 102 Å². The predicted molar refractivity (Wildman–Crippen MR) is 142 cm³/mol. The van der Waals surface area contributed by atoms with Crippen molar-refractivity contribution in [3.63, 3.8) is 0 Å². The van der Waals surface area contributed by atoms with Gasteiger partial charge in [0, 0.05) is 12.6 Å². The molecule has 37 heavy (non-hydrogen) atoms. The van der Waals surface area contributed by atoms with Crippen LogP contribution < -0.4 is 21.9 Å². The van der Waals surface area contributed by atoms with Gasteiger partial charge >= 0.3 is 5.69 Å². The largest absolute Gasteiger partial charge is 0.353 e. The number of nitrogens with one attached hydrogen (secondary N) is 2. The summed E-state index contributed by atoms with van der Waals surface area (Å²) in [5, 5.41) is 6.14. The highest BCUT2D eigenvalue weighted by Crippen LogP contribution is 2.19. The summed E-state index contributed by atoms with van der Waals surface area (Å²) in [6.45, 7) is 2.10. The molecule has 0 bridgehead atoms. The number of hydrogen-bond donors (Lipinski definition) is 2. The molecule has 2 amide bonds. The number of hydrogen-bond acceptors (Lipinski definition) is 4. The Morgan fingerprint density at radius 2 is 1.54 bits per heavy atom. The molecular weight excluding hydrogens is 468 g/mol. The highest BCUT2D eigenvalue weighted by atomic mass is 16.2. The first-order valence-electron chi connectivity index (χ1n) is 12.3. The first-order chi connectivity index (χ1) is 17.9. The predicted octanol–water partition coefficient (Wildman–Crippen LogP) is 2.60. The van der Waals surface area contributed by atoms with Gasteiger partial charge < -0.3 is 10.6 Å². The Morgan fingerprint density at radius 1 is 0.865 bits per heavy atom. The van der Waals surface area contributed by atoms with Crippen LogP contribution >= 0.6 is 0 Å². The van der Waals surface area contributed by atoms with Crippen LogP contribution in [0.15, 0.2) is 82.4 Å². The molecular formula is C29H28N4O4. The van der Waals surface area contributed by atoms with Crippen molar-refractivity contribution in [2.24, 2.45) is 0 Å². The lowest BCUT2D eigenvalue weighted by atomic mass is 10.1. The Bertz CT molecular complexity index is 1580. The number of aromatic nitrogens is 2. The Labute approximate surface area is 213 Å². The fourth-order valence-corrected chi connectivity index (χ4v) is 4.26. The number of aryl methyl sites for hydroxylation is 1. The summed E-state index contributed by atoms with van der Waals surface area (Å²) in [7, 11) is 0. The van der Waals surface area contributed by atoms with Crippen LogP contribution in [-0.2, 0) is 29.1 Å². The van der Waals surface area contributed by atoms with E-state index in [4.69, 9.17) is 0 Å². The van der Waals surface area contributed by atoms with Crippen molar-refractivity contribution in [3.05, 3.63) is 110 Å². The summed E-state index contributed by atoms with van der Waals surface area (Å²) >= 11 is 0. The van der Waals surface area contributed by atoms with E-state index in [9.17, 15) is 19.2 Å². The molecule has 0 radical (unpaired) electrons. The van der Waals surface area contributed by atoms with Gasteiger partial charge in [-0.2, -0.15) is 0 Å². The molecule has 188 valence electrons. The molecule has 0 aliphatic heterocycles. The Kier molecular flexibility index (Phi) is 6.72. The summed E-state index contributed by atoms with van der Waals surface area (Å²) in [4.78, 5) is 51.8. The molecule has 3 aromatic carbocycles. The van der Waals surface area contributed by atoms with E-state index < -0.39 is 11.2 Å². The van der Waals surface area contributed by atoms with Crippen molar-refractivity contribution < 1.29 is 9.59 Å². The first-order valence-corrected chi connectivity index (χ1v) is 12.3. The van der Waals surface area contributed by atoms with E-state index in [1.54, 1.807) is 48.5 Å². The lowest BCUT2D eigenvalue weighted by molar-refractivity contribution is -0.122. The second-order valence-electron chi connectivity index (χ2n) is 9.47. The lowest BCUT2D eigenvalue weighted by Gasteiger charge is -2.14. The summed E-state index contributed by atoms with van der Waals surface area (Å²) in [5.41, 5.74) is 2.57. The standard InChI is InChI=1S/C29H28N4O4/c1-19-6-8-21(9-7-19)17-30-27(35)18-32-25-5-3-2-4-24(25)28(36)33(29(32)37)23-14-10-20(11-15-23)16-26(34)31-22-12-13-22/h2-11,14-15,22H,12-13,16-18H2,1H3,(H,30,35)(H,31,34). The van der Waals surface area contributed by atoms with E-state index in [0.717, 1.165) is 34.1 Å². The van der Waals surface area contributed by atoms with Gasteiger partial charge in [0.2, 0.25) is 11.8 Å². The van der Waals surface area contributed by atoms with E-state index in [1.165, 1.54) is 4.57 Å². The van der Waals surface area contributed by atoms with E-state index >= 15 is 0 Å². The van der Waals surface area contributed by atoms with Crippen molar-refractivity contribution in [3.8, 4) is 5.69 Å². The fourth-order valence-electron chi connectivity index (χ4n) is 4.26. The second kappa shape index (κ2) is 10.3. The van der Waals surface area contributed by atoms with Crippen molar-refractivity contribution in [2.75, 3.05) is 0 Å². The van der Waals surface area contributed by atoms with Gasteiger partial charge in [-0.15, -0.1) is 0 Å². The van der Waals surface area contributed by atoms with Gasteiger partial charge in [-0.25, -0.2) is 9.36 Å². The van der Waals surface area contributed by atoms with Crippen LogP contribution in [0, 0.1) is 6.92 Å². The van der Waals surface area contributed by atoms with Gasteiger partial charge in [0.1, 0.15) is 6.54 Å². The number of carbonyl (C=O) groups excluding carboxylic acids is 2. The fraction of sp³-hybridized carbons (Fsp3) is 0.241. The van der Waals surface area contributed by atoms with Crippen molar-refractivity contribution in [1.82, 2.24) is 19.8 Å². The van der Waals surface area contributed by atoms with Crippen LogP contribution in [0.2, 0.25) is 0 Å². The highest BCUT2D eigenvalue weighted by molar-refractivity contribution is 5.82. The minimum absolute atomic E-state index is 0.0443. The molecule has 2 N–H and O–H groups in total. The number of para-hydroxylation sites is 1. The molecule has 0 saturated heterocycles. The summed E-state index contributed by atoms with van der Waals surface area (Å²) < 4.78 is 2.39. The maximum Gasteiger partial charge on any atom is 0.336 e. The molecule has 4 aromatic rings. The number of rotatable bonds is 8. The number of amides is 2. The Balaban J connectivity index is 1.42. The van der Waals surface area contributed by atoms with Crippen LogP contribution in [0.3, 0.4) is 0 Å². The van der Waals surface area contributed by atoms with Gasteiger partial charge in [-0.05, 0) is 55.2 Å². The third-order valence-electron chi connectivity index (χ3n) is 6.46. The van der Waals surface area contributed by atoms with Crippen LogP contribution in [0.1, 0.15) is 29.5 Å². The minimum atomic E-state index is -0.603. The molecule has 8 heteroatoms. The van der Waals surface area contributed by atoms with Crippen LogP contribution in [0.5, 0.6) is 0 Å². The molecule has 8 nitrogen and oxygen atoms in total. The SMILES string of the molecule is Cc1ccc(CNC(=O)Cn2c(=O)n(-c3ccc(CC(=O)NC4CC4)cc3)c(=O)c3ccccc32)cc1. The van der Waals surface area contributed by atoms with Crippen molar-refractivity contribution in [2.45, 2.75) is 45.3 Å². The normalized spacial score (nSPS) is 12.9. The Morgan fingerprint density at radius 3 is 2.24 bits per heavy atom. The van der Waals surface area contributed by atoms with Crippen molar-refractivity contribution in [1.29, 1.82) is 0 Å². The number of benzene rings is 3. The zero-order valence-electron chi connectivity index (χ0n) is 20.6. The first kappa shape index (κ1) is 24.2. The smallest absolute Gasteiger partial charge is 0.336 e. The Hall–Kier alpha value is -4.46. The van der Waals surface area contributed by atoms with Crippen LogP contribution in [0.25, 0.3) is 16.6 Å². The van der Waals surface area contributed by atoms with Gasteiger partial charge in [-0.3, -0.25) is 19.0 Å². The lowest BCUT2D eigenvalue weighted by Crippen LogP contribution is -2.41. The second-order valence-corrected chi connectivity index (χ2v) is 9.47. The molecule has 1 aliphatic rings. The highest BCUT2D eigenvalue weighted by Gasteiger charge is 2.23. The van der Waals surface area contributed by atoms with E-state index in [1.807, 2.05) is 31.2 Å². The quantitative estimate of drug-likeness (QED) is 0.392. The number of nitrogens with zero attached hydrogens (tertiary/aromatic N) is 2. The van der Waals surface area contributed by atoms with Gasteiger partial charge in [0.15, 0.2) is 0 Å². The monoisotopic (exact) mass is 496 g/mol. The molecule has 1 saturated carbocycles. The third-order valence-corrected chi connectivity index (χ3v) is 6.46. The zero-order chi connectivity index (χ0) is 25.9. The van der Waals surface area contributed by atoms with E-state index in [0.29, 0.717) is 23.1 Å². The molecule has 5 rings (SSSR count). The molecule has 1 fully saturated rings. The molecule has 0 atom stereocenters. The van der Waals surface area contributed by atoms with Gasteiger partial charge in [-0.1, -0.05) is 54.1 Å². The minimum Gasteiger partial charge on any atom is -0.353 e. The zero-order valence-corrected chi connectivity index (χ0v) is 20.6. The molecule has 1 heterocycles. The molecule has 1 aliphatic carbocycles. The summed E-state index contributed by atoms with van der Waals surface area (Å²) in [6, 6.07) is 21.7. The van der Waals surface area contributed by atoms with Crippen LogP contribution in [0.4, 0.5) is 0 Å². The number of fused-ring (bicyclic) bond motifs is 1. The average molecular weight is 497 g/mol. The molecule has 1 aromatic heterocycles. The van der Waals surface area contributed by atoms with E-state index in [-0.39, 0.29) is 30.8 Å². The van der Waals surface area contributed by atoms with Crippen molar-refractivity contribution >= 4 is 22.7 Å². The van der Waals surface area contributed by atoms with Gasteiger partial charge in [0.25, 0.3) is 5.56 Å². The van der Waals surface area contributed by atoms with Gasteiger partial charge in [0.05, 0.1) is 23.0 Å². The maximum atomic E-state index is 13.5. The maximum absolute atomic E-state index is 13.5.